The van der Waals surface area contributed by atoms with Crippen LogP contribution >= 0.6 is 23.8 Å². The number of anilines is 1. The van der Waals surface area contributed by atoms with Crippen molar-refractivity contribution in [2.45, 2.75) is 18.7 Å². The van der Waals surface area contributed by atoms with E-state index in [2.05, 4.69) is 20.3 Å². The van der Waals surface area contributed by atoms with Gasteiger partial charge in [-0.15, -0.1) is 0 Å². The van der Waals surface area contributed by atoms with Gasteiger partial charge in [0.05, 0.1) is 16.3 Å². The third kappa shape index (κ3) is 4.22. The van der Waals surface area contributed by atoms with Crippen molar-refractivity contribution < 1.29 is 12.9 Å². The van der Waals surface area contributed by atoms with Crippen molar-refractivity contribution in [3.8, 4) is 5.69 Å². The van der Waals surface area contributed by atoms with Gasteiger partial charge in [0, 0.05) is 10.7 Å². The van der Waals surface area contributed by atoms with Crippen LogP contribution in [-0.2, 0) is 10.0 Å². The Morgan fingerprint density at radius 2 is 1.72 bits per heavy atom. The first-order valence-electron chi connectivity index (χ1n) is 9.21. The molecule has 9 nitrogen and oxygen atoms in total. The van der Waals surface area contributed by atoms with E-state index >= 15 is 0 Å². The highest BCUT2D eigenvalue weighted by molar-refractivity contribution is 7.92. The molecular weight excluding hydrogens is 474 g/mol. The van der Waals surface area contributed by atoms with Gasteiger partial charge in [-0.1, -0.05) is 16.8 Å². The number of halogens is 1. The summed E-state index contributed by atoms with van der Waals surface area (Å²) < 4.78 is 34.0. The molecule has 0 atom stereocenters. The minimum absolute atomic E-state index is 0.0338. The average molecular weight is 490 g/mol. The van der Waals surface area contributed by atoms with Gasteiger partial charge in [0.2, 0.25) is 0 Å². The van der Waals surface area contributed by atoms with Crippen molar-refractivity contribution in [3.63, 3.8) is 0 Å². The van der Waals surface area contributed by atoms with Gasteiger partial charge in [-0.25, -0.2) is 8.42 Å². The number of nitrogens with one attached hydrogen (secondary N) is 2. The maximum absolute atomic E-state index is 12.8. The second-order valence-electron chi connectivity index (χ2n) is 6.83. The largest absolute Gasteiger partial charge is 0.354 e. The molecule has 2 aromatic heterocycles. The summed E-state index contributed by atoms with van der Waals surface area (Å²) in [5, 5.41) is 11.6. The fraction of sp³-hybridized carbons (Fsp3) is 0.100. The van der Waals surface area contributed by atoms with Crippen LogP contribution in [0.5, 0.6) is 0 Å². The Morgan fingerprint density at radius 3 is 2.38 bits per heavy atom. The molecular formula is C20H16ClN5O4S2. The molecule has 0 aliphatic heterocycles. The summed E-state index contributed by atoms with van der Waals surface area (Å²) in [5.41, 5.74) is 1.82. The molecule has 0 aliphatic rings. The van der Waals surface area contributed by atoms with Crippen LogP contribution in [0.1, 0.15) is 11.4 Å². The van der Waals surface area contributed by atoms with E-state index in [1.54, 1.807) is 38.1 Å². The third-order valence-corrected chi connectivity index (χ3v) is 6.52. The van der Waals surface area contributed by atoms with Gasteiger partial charge in [-0.05, 0) is 74.6 Å². The van der Waals surface area contributed by atoms with E-state index < -0.39 is 15.6 Å². The summed E-state index contributed by atoms with van der Waals surface area (Å²) in [6.45, 7) is 3.36. The molecule has 0 spiro atoms. The molecule has 4 aromatic rings. The minimum atomic E-state index is -3.95. The summed E-state index contributed by atoms with van der Waals surface area (Å²) in [7, 11) is -3.95. The second-order valence-corrected chi connectivity index (χ2v) is 9.36. The van der Waals surface area contributed by atoms with Crippen LogP contribution in [-0.4, -0.2) is 28.5 Å². The number of thiocarbonyl (C=S) groups is 1. The molecule has 32 heavy (non-hydrogen) atoms. The highest BCUT2D eigenvalue weighted by Gasteiger charge is 2.19. The zero-order chi connectivity index (χ0) is 23.0. The number of fused-ring (bicyclic) bond motifs is 1. The number of rotatable bonds is 4. The smallest absolute Gasteiger partial charge is 0.284 e. The second kappa shape index (κ2) is 8.34. The normalized spacial score (nSPS) is 11.5. The van der Waals surface area contributed by atoms with Crippen LogP contribution in [0.3, 0.4) is 0 Å². The van der Waals surface area contributed by atoms with Crippen molar-refractivity contribution in [3.05, 3.63) is 75.3 Å². The molecule has 0 radical (unpaired) electrons. The molecule has 0 unspecified atom stereocenters. The van der Waals surface area contributed by atoms with E-state index in [0.29, 0.717) is 38.8 Å². The van der Waals surface area contributed by atoms with Gasteiger partial charge in [-0.3, -0.25) is 9.52 Å². The number of sulfonamides is 1. The molecule has 2 heterocycles. The standard InChI is InChI=1S/C20H16ClN5O4S2/c1-11-17-18(30-24-11)12(2)23-26(19(17)27)15-7-9-16(10-8-15)32(28,29)25-20(31)22-14-5-3-13(21)4-6-14/h3-10H,1-2H3,(H2,22,25,31). The van der Waals surface area contributed by atoms with E-state index in [0.717, 1.165) is 0 Å². The van der Waals surface area contributed by atoms with Crippen LogP contribution in [0, 0.1) is 13.8 Å². The Balaban J connectivity index is 1.58. The molecule has 0 saturated heterocycles. The number of aromatic nitrogens is 3. The van der Waals surface area contributed by atoms with E-state index in [1.807, 2.05) is 0 Å². The van der Waals surface area contributed by atoms with Crippen molar-refractivity contribution in [2.75, 3.05) is 5.32 Å². The van der Waals surface area contributed by atoms with Gasteiger partial charge in [-0.2, -0.15) is 9.78 Å². The molecule has 12 heteroatoms. The summed E-state index contributed by atoms with van der Waals surface area (Å²) >= 11 is 10.9. The van der Waals surface area contributed by atoms with Gasteiger partial charge in [0.1, 0.15) is 11.1 Å². The highest BCUT2D eigenvalue weighted by Crippen LogP contribution is 2.19. The Kier molecular flexibility index (Phi) is 5.71. The lowest BCUT2D eigenvalue weighted by Gasteiger charge is -2.12. The van der Waals surface area contributed by atoms with E-state index in [9.17, 15) is 13.2 Å². The molecule has 0 aliphatic carbocycles. The zero-order valence-electron chi connectivity index (χ0n) is 16.8. The average Bonchev–Trinajstić information content (AvgIpc) is 3.14. The van der Waals surface area contributed by atoms with Crippen LogP contribution in [0.25, 0.3) is 16.7 Å². The monoisotopic (exact) mass is 489 g/mol. The maximum atomic E-state index is 12.8. The van der Waals surface area contributed by atoms with Crippen molar-refractivity contribution in [2.24, 2.45) is 0 Å². The number of hydrogen-bond acceptors (Lipinski definition) is 7. The maximum Gasteiger partial charge on any atom is 0.284 e. The number of aryl methyl sites for hydroxylation is 2. The first-order chi connectivity index (χ1) is 15.2. The molecule has 0 fully saturated rings. The quantitative estimate of drug-likeness (QED) is 0.419. The molecule has 0 saturated carbocycles. The number of nitrogens with zero attached hydrogens (tertiary/aromatic N) is 3. The van der Waals surface area contributed by atoms with Crippen LogP contribution < -0.4 is 15.6 Å². The van der Waals surface area contributed by atoms with E-state index in [-0.39, 0.29) is 10.0 Å². The molecule has 164 valence electrons. The molecule has 0 bridgehead atoms. The van der Waals surface area contributed by atoms with Crippen LogP contribution in [0.15, 0.2) is 62.7 Å². The number of benzene rings is 2. The predicted octanol–water partition coefficient (Wildman–Crippen LogP) is 3.32. The Morgan fingerprint density at radius 1 is 1.06 bits per heavy atom. The molecule has 2 N–H and O–H groups in total. The third-order valence-electron chi connectivity index (χ3n) is 4.57. The van der Waals surface area contributed by atoms with E-state index in [4.69, 9.17) is 28.3 Å². The molecule has 4 rings (SSSR count). The van der Waals surface area contributed by atoms with Crippen LogP contribution in [0.2, 0.25) is 5.02 Å². The van der Waals surface area contributed by atoms with Gasteiger partial charge in [0.15, 0.2) is 10.7 Å². The van der Waals surface area contributed by atoms with Gasteiger partial charge in [0.25, 0.3) is 15.6 Å². The lowest BCUT2D eigenvalue weighted by Crippen LogP contribution is -2.34. The molecule has 0 amide bonds. The fourth-order valence-corrected chi connectivity index (χ4v) is 4.51. The SMILES string of the molecule is Cc1nn(-c2ccc(S(=O)(=O)NC(=S)Nc3ccc(Cl)cc3)cc2)c(=O)c2c(C)noc12. The van der Waals surface area contributed by atoms with Gasteiger partial charge < -0.3 is 9.84 Å². The van der Waals surface area contributed by atoms with Gasteiger partial charge >= 0.3 is 0 Å². The van der Waals surface area contributed by atoms with Crippen molar-refractivity contribution in [1.82, 2.24) is 19.7 Å². The summed E-state index contributed by atoms with van der Waals surface area (Å²) in [4.78, 5) is 12.8. The summed E-state index contributed by atoms with van der Waals surface area (Å²) in [6, 6.07) is 12.3. The zero-order valence-corrected chi connectivity index (χ0v) is 19.2. The minimum Gasteiger partial charge on any atom is -0.354 e. The lowest BCUT2D eigenvalue weighted by atomic mass is 10.2. The molecule has 2 aromatic carbocycles. The summed E-state index contributed by atoms with van der Waals surface area (Å²) in [5.74, 6) is 0. The lowest BCUT2D eigenvalue weighted by molar-refractivity contribution is 0.447. The van der Waals surface area contributed by atoms with E-state index in [1.165, 1.54) is 28.9 Å². The predicted molar refractivity (Wildman–Crippen MR) is 125 cm³/mol. The Labute approximate surface area is 193 Å². The number of hydrogen-bond donors (Lipinski definition) is 2. The van der Waals surface area contributed by atoms with Crippen molar-refractivity contribution in [1.29, 1.82) is 0 Å². The fourth-order valence-electron chi connectivity index (χ4n) is 3.03. The summed E-state index contributed by atoms with van der Waals surface area (Å²) in [6.07, 6.45) is 0. The van der Waals surface area contributed by atoms with Crippen molar-refractivity contribution >= 4 is 55.6 Å². The Bertz CT molecular complexity index is 1490. The topological polar surface area (TPSA) is 119 Å². The first kappa shape index (κ1) is 21.9. The van der Waals surface area contributed by atoms with Crippen LogP contribution in [0.4, 0.5) is 5.69 Å². The highest BCUT2D eigenvalue weighted by atomic mass is 35.5. The first-order valence-corrected chi connectivity index (χ1v) is 11.5. The Hall–Kier alpha value is -3.28.